The summed E-state index contributed by atoms with van der Waals surface area (Å²) in [5.74, 6) is 0.592. The Morgan fingerprint density at radius 3 is 2.33 bits per heavy atom. The number of aromatic nitrogens is 1. The minimum atomic E-state index is 0.592. The Morgan fingerprint density at radius 1 is 1.00 bits per heavy atom. The van der Waals surface area contributed by atoms with Gasteiger partial charge in [-0.05, 0) is 37.1 Å². The van der Waals surface area contributed by atoms with E-state index in [0.29, 0.717) is 5.92 Å². The SMILES string of the molecule is Cc1ccc(-c2cc(C)nc(C3CNC3)c2)cc1. The van der Waals surface area contributed by atoms with Crippen LogP contribution in [0.25, 0.3) is 11.1 Å². The maximum absolute atomic E-state index is 4.66. The molecule has 0 bridgehead atoms. The summed E-state index contributed by atoms with van der Waals surface area (Å²) >= 11 is 0. The van der Waals surface area contributed by atoms with Gasteiger partial charge in [-0.25, -0.2) is 0 Å². The molecular formula is C16H18N2. The van der Waals surface area contributed by atoms with Gasteiger partial charge in [0.25, 0.3) is 0 Å². The van der Waals surface area contributed by atoms with Gasteiger partial charge in [-0.1, -0.05) is 29.8 Å². The van der Waals surface area contributed by atoms with E-state index in [-0.39, 0.29) is 0 Å². The Labute approximate surface area is 108 Å². The molecule has 18 heavy (non-hydrogen) atoms. The largest absolute Gasteiger partial charge is 0.315 e. The second-order valence-electron chi connectivity index (χ2n) is 5.14. The van der Waals surface area contributed by atoms with Crippen LogP contribution in [0.3, 0.4) is 0 Å². The van der Waals surface area contributed by atoms with E-state index in [1.165, 1.54) is 22.4 Å². The smallest absolute Gasteiger partial charge is 0.0469 e. The summed E-state index contributed by atoms with van der Waals surface area (Å²) in [5.41, 5.74) is 6.19. The van der Waals surface area contributed by atoms with Crippen molar-refractivity contribution in [1.29, 1.82) is 0 Å². The number of rotatable bonds is 2. The molecule has 1 aliphatic rings. The zero-order valence-electron chi connectivity index (χ0n) is 10.9. The second-order valence-corrected chi connectivity index (χ2v) is 5.14. The van der Waals surface area contributed by atoms with Crippen molar-refractivity contribution in [1.82, 2.24) is 10.3 Å². The predicted octanol–water partition coefficient (Wildman–Crippen LogP) is 3.05. The van der Waals surface area contributed by atoms with Gasteiger partial charge in [0.15, 0.2) is 0 Å². The number of nitrogens with one attached hydrogen (secondary N) is 1. The molecule has 92 valence electrons. The van der Waals surface area contributed by atoms with E-state index in [1.54, 1.807) is 0 Å². The third-order valence-electron chi connectivity index (χ3n) is 3.56. The fourth-order valence-corrected chi connectivity index (χ4v) is 2.31. The molecule has 0 amide bonds. The first-order chi connectivity index (χ1) is 8.72. The van der Waals surface area contributed by atoms with Crippen LogP contribution in [0.5, 0.6) is 0 Å². The summed E-state index contributed by atoms with van der Waals surface area (Å²) in [7, 11) is 0. The van der Waals surface area contributed by atoms with Crippen LogP contribution < -0.4 is 5.32 Å². The topological polar surface area (TPSA) is 24.9 Å². The Bertz CT molecular complexity index is 554. The van der Waals surface area contributed by atoms with Crippen LogP contribution in [0.4, 0.5) is 0 Å². The summed E-state index contributed by atoms with van der Waals surface area (Å²) in [4.78, 5) is 4.66. The van der Waals surface area contributed by atoms with Crippen molar-refractivity contribution in [3.05, 3.63) is 53.3 Å². The van der Waals surface area contributed by atoms with Crippen molar-refractivity contribution in [3.63, 3.8) is 0 Å². The van der Waals surface area contributed by atoms with Gasteiger partial charge < -0.3 is 5.32 Å². The van der Waals surface area contributed by atoms with Crippen LogP contribution in [0.15, 0.2) is 36.4 Å². The van der Waals surface area contributed by atoms with Gasteiger partial charge in [-0.15, -0.1) is 0 Å². The van der Waals surface area contributed by atoms with E-state index < -0.39 is 0 Å². The molecule has 0 aliphatic carbocycles. The first kappa shape index (κ1) is 11.4. The zero-order valence-corrected chi connectivity index (χ0v) is 10.9. The molecule has 2 nitrogen and oxygen atoms in total. The summed E-state index contributed by atoms with van der Waals surface area (Å²) < 4.78 is 0. The van der Waals surface area contributed by atoms with Gasteiger partial charge in [0.2, 0.25) is 0 Å². The lowest BCUT2D eigenvalue weighted by atomic mass is 9.95. The van der Waals surface area contributed by atoms with Gasteiger partial charge in [-0.3, -0.25) is 4.98 Å². The molecule has 1 aliphatic heterocycles. The van der Waals surface area contributed by atoms with Crippen molar-refractivity contribution in [3.8, 4) is 11.1 Å². The molecule has 0 saturated carbocycles. The van der Waals surface area contributed by atoms with E-state index in [0.717, 1.165) is 18.8 Å². The zero-order chi connectivity index (χ0) is 12.5. The molecule has 0 radical (unpaired) electrons. The fraction of sp³-hybridized carbons (Fsp3) is 0.312. The molecule has 3 rings (SSSR count). The number of aryl methyl sites for hydroxylation is 2. The molecule has 2 heteroatoms. The van der Waals surface area contributed by atoms with E-state index in [2.05, 4.69) is 60.5 Å². The first-order valence-corrected chi connectivity index (χ1v) is 6.49. The van der Waals surface area contributed by atoms with Crippen molar-refractivity contribution in [2.45, 2.75) is 19.8 Å². The predicted molar refractivity (Wildman–Crippen MR) is 74.8 cm³/mol. The summed E-state index contributed by atoms with van der Waals surface area (Å²) in [6.45, 7) is 6.31. The lowest BCUT2D eigenvalue weighted by molar-refractivity contribution is 0.439. The molecule has 2 heterocycles. The number of pyridine rings is 1. The number of benzene rings is 1. The summed E-state index contributed by atoms with van der Waals surface area (Å²) in [6.07, 6.45) is 0. The maximum atomic E-state index is 4.66. The first-order valence-electron chi connectivity index (χ1n) is 6.49. The van der Waals surface area contributed by atoms with Crippen LogP contribution in [0.2, 0.25) is 0 Å². The maximum Gasteiger partial charge on any atom is 0.0469 e. The molecule has 1 fully saturated rings. The van der Waals surface area contributed by atoms with Crippen molar-refractivity contribution < 1.29 is 0 Å². The van der Waals surface area contributed by atoms with Crippen LogP contribution in [0.1, 0.15) is 22.9 Å². The fourth-order valence-electron chi connectivity index (χ4n) is 2.31. The third-order valence-corrected chi connectivity index (χ3v) is 3.56. The Balaban J connectivity index is 2.00. The highest BCUT2D eigenvalue weighted by atomic mass is 15.0. The quantitative estimate of drug-likeness (QED) is 0.869. The van der Waals surface area contributed by atoms with Crippen molar-refractivity contribution in [2.24, 2.45) is 0 Å². The normalized spacial score (nSPS) is 15.4. The molecule has 1 aromatic carbocycles. The van der Waals surface area contributed by atoms with Gasteiger partial charge in [-0.2, -0.15) is 0 Å². The standard InChI is InChI=1S/C16H18N2/c1-11-3-5-13(6-4-11)14-7-12(2)18-16(8-14)15-9-17-10-15/h3-8,15,17H,9-10H2,1-2H3. The van der Waals surface area contributed by atoms with Crippen LogP contribution in [-0.2, 0) is 0 Å². The number of nitrogens with zero attached hydrogens (tertiary/aromatic N) is 1. The molecule has 1 N–H and O–H groups in total. The van der Waals surface area contributed by atoms with Gasteiger partial charge in [0, 0.05) is 30.4 Å². The summed E-state index contributed by atoms with van der Waals surface area (Å²) in [5, 5.41) is 3.31. The van der Waals surface area contributed by atoms with E-state index in [1.807, 2.05) is 0 Å². The Kier molecular flexibility index (Phi) is 2.88. The van der Waals surface area contributed by atoms with Crippen molar-refractivity contribution in [2.75, 3.05) is 13.1 Å². The number of hydrogen-bond donors (Lipinski definition) is 1. The highest BCUT2D eigenvalue weighted by Crippen LogP contribution is 2.26. The Hall–Kier alpha value is -1.67. The molecular weight excluding hydrogens is 220 g/mol. The molecule has 0 atom stereocenters. The molecule has 2 aromatic rings. The highest BCUT2D eigenvalue weighted by Gasteiger charge is 2.20. The monoisotopic (exact) mass is 238 g/mol. The minimum absolute atomic E-state index is 0.592. The van der Waals surface area contributed by atoms with E-state index in [4.69, 9.17) is 0 Å². The summed E-state index contributed by atoms with van der Waals surface area (Å²) in [6, 6.07) is 13.1. The Morgan fingerprint density at radius 2 is 1.72 bits per heavy atom. The average Bonchev–Trinajstić information content (AvgIpc) is 2.26. The van der Waals surface area contributed by atoms with Crippen LogP contribution in [-0.4, -0.2) is 18.1 Å². The van der Waals surface area contributed by atoms with Crippen LogP contribution >= 0.6 is 0 Å². The third kappa shape index (κ3) is 2.16. The lowest BCUT2D eigenvalue weighted by Crippen LogP contribution is -2.40. The van der Waals surface area contributed by atoms with Gasteiger partial charge >= 0.3 is 0 Å². The highest BCUT2D eigenvalue weighted by molar-refractivity contribution is 5.64. The van der Waals surface area contributed by atoms with Gasteiger partial charge in [0.05, 0.1) is 0 Å². The van der Waals surface area contributed by atoms with E-state index >= 15 is 0 Å². The number of hydrogen-bond acceptors (Lipinski definition) is 2. The van der Waals surface area contributed by atoms with Gasteiger partial charge in [0.1, 0.15) is 0 Å². The molecule has 0 unspecified atom stereocenters. The lowest BCUT2D eigenvalue weighted by Gasteiger charge is -2.27. The molecule has 1 saturated heterocycles. The van der Waals surface area contributed by atoms with Crippen LogP contribution in [0, 0.1) is 13.8 Å². The average molecular weight is 238 g/mol. The molecule has 0 spiro atoms. The van der Waals surface area contributed by atoms with E-state index in [9.17, 15) is 0 Å². The second kappa shape index (κ2) is 4.54. The van der Waals surface area contributed by atoms with Crippen molar-refractivity contribution >= 4 is 0 Å². The molecule has 1 aromatic heterocycles. The minimum Gasteiger partial charge on any atom is -0.315 e.